The summed E-state index contributed by atoms with van der Waals surface area (Å²) in [5, 5.41) is 13.4. The second-order valence-corrected chi connectivity index (χ2v) is 3.05. The van der Waals surface area contributed by atoms with Gasteiger partial charge in [0.2, 0.25) is 5.91 Å². The van der Waals surface area contributed by atoms with E-state index in [1.807, 2.05) is 6.92 Å². The Morgan fingerprint density at radius 2 is 2.38 bits per heavy atom. The van der Waals surface area contributed by atoms with Crippen LogP contribution in [0.15, 0.2) is 23.3 Å². The number of rotatable bonds is 4. The molecule has 0 radical (unpaired) electrons. The Labute approximate surface area is 93.7 Å². The molecule has 0 atom stereocenters. The number of phenolic OH excluding ortho intramolecular Hbond substituents is 1. The van der Waals surface area contributed by atoms with E-state index in [4.69, 9.17) is 4.74 Å². The molecule has 0 aliphatic rings. The minimum absolute atomic E-state index is 0.0125. The topological polar surface area (TPSA) is 70.9 Å². The SMILES string of the molecule is CCOc1cccc(/C=N/NC(C)=O)c1O. The van der Waals surface area contributed by atoms with E-state index in [1.165, 1.54) is 13.1 Å². The van der Waals surface area contributed by atoms with Crippen LogP contribution in [0.25, 0.3) is 0 Å². The van der Waals surface area contributed by atoms with Crippen molar-refractivity contribution in [3.05, 3.63) is 23.8 Å². The molecule has 1 aromatic carbocycles. The average molecular weight is 222 g/mol. The lowest BCUT2D eigenvalue weighted by Crippen LogP contribution is -2.12. The Bertz CT molecular complexity index is 402. The minimum atomic E-state index is -0.267. The molecule has 0 spiro atoms. The molecule has 5 nitrogen and oxygen atoms in total. The highest BCUT2D eigenvalue weighted by Crippen LogP contribution is 2.28. The van der Waals surface area contributed by atoms with Crippen molar-refractivity contribution >= 4 is 12.1 Å². The molecule has 0 saturated carbocycles. The second-order valence-electron chi connectivity index (χ2n) is 3.05. The predicted molar refractivity (Wildman–Crippen MR) is 60.7 cm³/mol. The molecule has 0 aromatic heterocycles. The van der Waals surface area contributed by atoms with Gasteiger partial charge in [0.15, 0.2) is 11.5 Å². The van der Waals surface area contributed by atoms with Crippen LogP contribution >= 0.6 is 0 Å². The summed E-state index contributed by atoms with van der Waals surface area (Å²) < 4.78 is 5.21. The number of hydrogen-bond acceptors (Lipinski definition) is 4. The van der Waals surface area contributed by atoms with E-state index in [2.05, 4.69) is 10.5 Å². The van der Waals surface area contributed by atoms with E-state index >= 15 is 0 Å². The van der Waals surface area contributed by atoms with E-state index in [0.717, 1.165) is 0 Å². The molecule has 0 aliphatic carbocycles. The van der Waals surface area contributed by atoms with Gasteiger partial charge in [-0.05, 0) is 19.1 Å². The van der Waals surface area contributed by atoms with Gasteiger partial charge in [0.25, 0.3) is 0 Å². The molecule has 86 valence electrons. The number of phenols is 1. The van der Waals surface area contributed by atoms with Crippen LogP contribution < -0.4 is 10.2 Å². The van der Waals surface area contributed by atoms with E-state index < -0.39 is 0 Å². The monoisotopic (exact) mass is 222 g/mol. The molecule has 1 aromatic rings. The number of carbonyl (C=O) groups is 1. The molecule has 0 bridgehead atoms. The van der Waals surface area contributed by atoms with Crippen molar-refractivity contribution in [2.24, 2.45) is 5.10 Å². The third kappa shape index (κ3) is 3.27. The number of carbonyl (C=O) groups excluding carboxylic acids is 1. The molecule has 16 heavy (non-hydrogen) atoms. The number of hydrogen-bond donors (Lipinski definition) is 2. The van der Waals surface area contributed by atoms with E-state index in [9.17, 15) is 9.90 Å². The first-order chi connectivity index (χ1) is 7.65. The number of aromatic hydroxyl groups is 1. The van der Waals surface area contributed by atoms with E-state index in [-0.39, 0.29) is 11.7 Å². The van der Waals surface area contributed by atoms with Crippen molar-refractivity contribution in [2.75, 3.05) is 6.61 Å². The molecule has 0 unspecified atom stereocenters. The molecule has 1 rings (SSSR count). The van der Waals surface area contributed by atoms with Crippen molar-refractivity contribution in [1.82, 2.24) is 5.43 Å². The fraction of sp³-hybridized carbons (Fsp3) is 0.273. The summed E-state index contributed by atoms with van der Waals surface area (Å²) in [6.07, 6.45) is 1.36. The molecular formula is C11H14N2O3. The standard InChI is InChI=1S/C11H14N2O3/c1-3-16-10-6-4-5-9(11(10)15)7-12-13-8(2)14/h4-7,15H,3H2,1-2H3,(H,13,14)/b12-7+. The Balaban J connectivity index is 2.84. The van der Waals surface area contributed by atoms with Crippen molar-refractivity contribution in [1.29, 1.82) is 0 Å². The first-order valence-electron chi connectivity index (χ1n) is 4.89. The average Bonchev–Trinajstić information content (AvgIpc) is 2.23. The van der Waals surface area contributed by atoms with Crippen LogP contribution in [-0.4, -0.2) is 23.8 Å². The van der Waals surface area contributed by atoms with Gasteiger partial charge in [0, 0.05) is 12.5 Å². The van der Waals surface area contributed by atoms with Crippen LogP contribution in [0, 0.1) is 0 Å². The number of amides is 1. The van der Waals surface area contributed by atoms with Crippen LogP contribution in [0.1, 0.15) is 19.4 Å². The van der Waals surface area contributed by atoms with Crippen molar-refractivity contribution < 1.29 is 14.6 Å². The van der Waals surface area contributed by atoms with Gasteiger partial charge >= 0.3 is 0 Å². The lowest BCUT2D eigenvalue weighted by Gasteiger charge is -2.06. The number of benzene rings is 1. The summed E-state index contributed by atoms with van der Waals surface area (Å²) in [5.74, 6) is 0.143. The second kappa shape index (κ2) is 5.75. The summed E-state index contributed by atoms with van der Waals surface area (Å²) in [4.78, 5) is 10.6. The lowest BCUT2D eigenvalue weighted by molar-refractivity contribution is -0.118. The molecule has 0 aliphatic heterocycles. The molecule has 0 fully saturated rings. The molecule has 1 amide bonds. The largest absolute Gasteiger partial charge is 0.504 e. The minimum Gasteiger partial charge on any atom is -0.504 e. The number of para-hydroxylation sites is 1. The maximum atomic E-state index is 10.6. The molecule has 5 heteroatoms. The van der Waals surface area contributed by atoms with Crippen LogP contribution in [0.5, 0.6) is 11.5 Å². The van der Waals surface area contributed by atoms with E-state index in [1.54, 1.807) is 18.2 Å². The fourth-order valence-corrected chi connectivity index (χ4v) is 1.11. The predicted octanol–water partition coefficient (Wildman–Crippen LogP) is 1.26. The normalized spacial score (nSPS) is 10.4. The summed E-state index contributed by atoms with van der Waals surface area (Å²) in [7, 11) is 0. The zero-order valence-corrected chi connectivity index (χ0v) is 9.23. The summed E-state index contributed by atoms with van der Waals surface area (Å²) in [5.41, 5.74) is 2.74. The molecule has 0 heterocycles. The zero-order valence-electron chi connectivity index (χ0n) is 9.23. The highest BCUT2D eigenvalue weighted by Gasteiger charge is 2.05. The molecular weight excluding hydrogens is 208 g/mol. The Morgan fingerprint density at radius 3 is 3.00 bits per heavy atom. The van der Waals surface area contributed by atoms with Gasteiger partial charge in [-0.15, -0.1) is 0 Å². The van der Waals surface area contributed by atoms with Gasteiger partial charge in [-0.2, -0.15) is 5.10 Å². The van der Waals surface area contributed by atoms with E-state index in [0.29, 0.717) is 17.9 Å². The number of nitrogens with one attached hydrogen (secondary N) is 1. The number of ether oxygens (including phenoxy) is 1. The van der Waals surface area contributed by atoms with Gasteiger partial charge in [-0.3, -0.25) is 4.79 Å². The van der Waals surface area contributed by atoms with Gasteiger partial charge in [-0.1, -0.05) is 6.07 Å². The van der Waals surface area contributed by atoms with Gasteiger partial charge in [0.1, 0.15) is 0 Å². The van der Waals surface area contributed by atoms with Crippen LogP contribution in [0.2, 0.25) is 0 Å². The van der Waals surface area contributed by atoms with Crippen molar-refractivity contribution in [2.45, 2.75) is 13.8 Å². The number of nitrogens with zero attached hydrogens (tertiary/aromatic N) is 1. The lowest BCUT2D eigenvalue weighted by atomic mass is 10.2. The molecule has 2 N–H and O–H groups in total. The zero-order chi connectivity index (χ0) is 12.0. The first-order valence-corrected chi connectivity index (χ1v) is 4.89. The quantitative estimate of drug-likeness (QED) is 0.595. The van der Waals surface area contributed by atoms with Crippen molar-refractivity contribution in [3.8, 4) is 11.5 Å². The van der Waals surface area contributed by atoms with Crippen LogP contribution in [0.4, 0.5) is 0 Å². The van der Waals surface area contributed by atoms with Crippen molar-refractivity contribution in [3.63, 3.8) is 0 Å². The third-order valence-electron chi connectivity index (χ3n) is 1.76. The van der Waals surface area contributed by atoms with Crippen LogP contribution in [0.3, 0.4) is 0 Å². The summed E-state index contributed by atoms with van der Waals surface area (Å²) in [6, 6.07) is 5.07. The first kappa shape index (κ1) is 12.0. The summed E-state index contributed by atoms with van der Waals surface area (Å²) in [6.45, 7) is 3.66. The smallest absolute Gasteiger partial charge is 0.236 e. The highest BCUT2D eigenvalue weighted by atomic mass is 16.5. The highest BCUT2D eigenvalue weighted by molar-refractivity contribution is 5.85. The van der Waals surface area contributed by atoms with Gasteiger partial charge in [0.05, 0.1) is 12.8 Å². The summed E-state index contributed by atoms with van der Waals surface area (Å²) >= 11 is 0. The van der Waals surface area contributed by atoms with Crippen LogP contribution in [-0.2, 0) is 4.79 Å². The Hall–Kier alpha value is -2.04. The van der Waals surface area contributed by atoms with Gasteiger partial charge in [-0.25, -0.2) is 5.43 Å². The number of hydrazone groups is 1. The maximum absolute atomic E-state index is 10.6. The maximum Gasteiger partial charge on any atom is 0.236 e. The Morgan fingerprint density at radius 1 is 1.62 bits per heavy atom. The fourth-order valence-electron chi connectivity index (χ4n) is 1.11. The van der Waals surface area contributed by atoms with Gasteiger partial charge < -0.3 is 9.84 Å². The Kier molecular flexibility index (Phi) is 4.32. The third-order valence-corrected chi connectivity index (χ3v) is 1.76. The molecule has 0 saturated heterocycles.